The van der Waals surface area contributed by atoms with Gasteiger partial charge in [-0.3, -0.25) is 9.55 Å². The molecule has 0 radical (unpaired) electrons. The maximum absolute atomic E-state index is 5.62. The lowest BCUT2D eigenvalue weighted by Crippen LogP contribution is -2.11. The zero-order valence-corrected chi connectivity index (χ0v) is 30.6. The van der Waals surface area contributed by atoms with Gasteiger partial charge >= 0.3 is 0 Å². The molecule has 3 heterocycles. The predicted octanol–water partition coefficient (Wildman–Crippen LogP) is 12.8. The number of hydrogen-bond donors (Lipinski definition) is 1. The van der Waals surface area contributed by atoms with E-state index in [0.717, 1.165) is 66.9 Å². The van der Waals surface area contributed by atoms with Gasteiger partial charge in [0.15, 0.2) is 0 Å². The van der Waals surface area contributed by atoms with E-state index in [0.29, 0.717) is 0 Å². The Morgan fingerprint density at radius 3 is 2.10 bits per heavy atom. The molecule has 4 heteroatoms. The molecule has 9 rings (SSSR count). The third-order valence-electron chi connectivity index (χ3n) is 10.5. The molecule has 4 nitrogen and oxygen atoms in total. The third kappa shape index (κ3) is 5.29. The van der Waals surface area contributed by atoms with E-state index >= 15 is 0 Å². The summed E-state index contributed by atoms with van der Waals surface area (Å²) < 4.78 is 2.34. The molecule has 0 unspecified atom stereocenters. The number of rotatable bonds is 4. The van der Waals surface area contributed by atoms with Gasteiger partial charge in [0.05, 0.1) is 22.2 Å². The minimum Gasteiger partial charge on any atom is -0.354 e. The molecule has 3 aromatic heterocycles. The number of pyridine rings is 1. The fourth-order valence-electron chi connectivity index (χ4n) is 7.61. The topological polar surface area (TPSA) is 46.5 Å². The highest BCUT2D eigenvalue weighted by Gasteiger charge is 2.25. The Bertz CT molecular complexity index is 2800. The van der Waals surface area contributed by atoms with Gasteiger partial charge in [0, 0.05) is 50.2 Å². The third-order valence-corrected chi connectivity index (χ3v) is 10.5. The number of imidazole rings is 1. The lowest BCUT2D eigenvalue weighted by atomic mass is 9.84. The first kappa shape index (κ1) is 31.9. The van der Waals surface area contributed by atoms with Gasteiger partial charge in [0.1, 0.15) is 5.82 Å². The van der Waals surface area contributed by atoms with Crippen LogP contribution >= 0.6 is 0 Å². The number of nitrogens with zero attached hydrogens (tertiary/aromatic N) is 3. The highest BCUT2D eigenvalue weighted by Crippen LogP contribution is 2.42. The maximum atomic E-state index is 5.62. The molecule has 0 amide bonds. The molecular weight excluding hydrogens is 633 g/mol. The molecule has 0 saturated carbocycles. The van der Waals surface area contributed by atoms with E-state index < -0.39 is 0 Å². The molecule has 0 bridgehead atoms. The molecule has 0 atom stereocenters. The van der Waals surface area contributed by atoms with Crippen LogP contribution in [0, 0.1) is 0 Å². The van der Waals surface area contributed by atoms with Crippen LogP contribution in [0.15, 0.2) is 140 Å². The minimum atomic E-state index is -0.0704. The van der Waals surface area contributed by atoms with Gasteiger partial charge in [-0.2, -0.15) is 0 Å². The van der Waals surface area contributed by atoms with Gasteiger partial charge in [-0.05, 0) is 87.5 Å². The largest absolute Gasteiger partial charge is 0.354 e. The zero-order valence-electron chi connectivity index (χ0n) is 30.6. The fourth-order valence-corrected chi connectivity index (χ4v) is 7.61. The summed E-state index contributed by atoms with van der Waals surface area (Å²) in [7, 11) is 0. The smallest absolute Gasteiger partial charge is 0.147 e. The summed E-state index contributed by atoms with van der Waals surface area (Å²) in [5.41, 5.74) is 13.3. The number of fused-ring (bicyclic) bond motifs is 5. The summed E-state index contributed by atoms with van der Waals surface area (Å²) in [6, 6.07) is 48.1. The molecule has 52 heavy (non-hydrogen) atoms. The predicted molar refractivity (Wildman–Crippen MR) is 219 cm³/mol. The first-order valence-electron chi connectivity index (χ1n) is 18.2. The van der Waals surface area contributed by atoms with E-state index in [9.17, 15) is 0 Å². The van der Waals surface area contributed by atoms with Crippen LogP contribution < -0.4 is 0 Å². The second-order valence-corrected chi connectivity index (χ2v) is 16.1. The van der Waals surface area contributed by atoms with Crippen molar-refractivity contribution in [2.24, 2.45) is 0 Å². The van der Waals surface area contributed by atoms with E-state index in [1.165, 1.54) is 27.3 Å². The second kappa shape index (κ2) is 11.8. The highest BCUT2D eigenvalue weighted by molar-refractivity contribution is 6.13. The Labute approximate surface area is 304 Å². The maximum Gasteiger partial charge on any atom is 0.147 e. The molecule has 0 aliphatic carbocycles. The molecule has 254 valence electrons. The summed E-state index contributed by atoms with van der Waals surface area (Å²) in [5.74, 6) is 0.916. The van der Waals surface area contributed by atoms with Crippen molar-refractivity contribution in [3.8, 4) is 39.5 Å². The zero-order chi connectivity index (χ0) is 35.8. The van der Waals surface area contributed by atoms with Crippen LogP contribution in [0.4, 0.5) is 0 Å². The van der Waals surface area contributed by atoms with Crippen molar-refractivity contribution in [2.75, 3.05) is 0 Å². The molecule has 0 aliphatic rings. The minimum absolute atomic E-state index is 0.0426. The molecule has 9 aromatic rings. The van der Waals surface area contributed by atoms with Gasteiger partial charge in [-0.15, -0.1) is 0 Å². The number of H-pyrrole nitrogens is 1. The summed E-state index contributed by atoms with van der Waals surface area (Å²) >= 11 is 0. The van der Waals surface area contributed by atoms with Crippen LogP contribution in [-0.2, 0) is 10.8 Å². The summed E-state index contributed by atoms with van der Waals surface area (Å²) in [6.07, 6.45) is 1.90. The number of aromatic amines is 1. The number of aromatic nitrogens is 4. The Balaban J connectivity index is 1.33. The lowest BCUT2D eigenvalue weighted by Gasteiger charge is -2.21. The Morgan fingerprint density at radius 2 is 1.29 bits per heavy atom. The Hall–Kier alpha value is -6.00. The van der Waals surface area contributed by atoms with Gasteiger partial charge in [-0.25, -0.2) is 4.98 Å². The van der Waals surface area contributed by atoms with E-state index in [4.69, 9.17) is 9.97 Å². The van der Waals surface area contributed by atoms with Crippen molar-refractivity contribution in [2.45, 2.75) is 52.4 Å². The summed E-state index contributed by atoms with van der Waals surface area (Å²) in [6.45, 7) is 13.7. The van der Waals surface area contributed by atoms with Crippen molar-refractivity contribution in [3.63, 3.8) is 0 Å². The summed E-state index contributed by atoms with van der Waals surface area (Å²) in [5, 5.41) is 4.80. The van der Waals surface area contributed by atoms with Crippen molar-refractivity contribution < 1.29 is 0 Å². The number of benzene rings is 6. The van der Waals surface area contributed by atoms with E-state index in [1.807, 2.05) is 6.20 Å². The molecule has 0 saturated heterocycles. The van der Waals surface area contributed by atoms with Crippen molar-refractivity contribution in [3.05, 3.63) is 151 Å². The van der Waals surface area contributed by atoms with Crippen LogP contribution in [0.5, 0.6) is 0 Å². The number of para-hydroxylation sites is 2. The first-order chi connectivity index (χ1) is 25.0. The number of hydrogen-bond acceptors (Lipinski definition) is 2. The average molecular weight is 675 g/mol. The summed E-state index contributed by atoms with van der Waals surface area (Å²) in [4.78, 5) is 14.3. The molecular formula is C48H42N4. The van der Waals surface area contributed by atoms with E-state index in [2.05, 4.69) is 185 Å². The first-order valence-corrected chi connectivity index (χ1v) is 18.2. The van der Waals surface area contributed by atoms with Gasteiger partial charge in [0.2, 0.25) is 0 Å². The van der Waals surface area contributed by atoms with Gasteiger partial charge in [0.25, 0.3) is 0 Å². The normalized spacial score (nSPS) is 12.4. The monoisotopic (exact) mass is 674 g/mol. The number of nitrogens with one attached hydrogen (secondary N) is 1. The van der Waals surface area contributed by atoms with Crippen LogP contribution in [-0.4, -0.2) is 19.5 Å². The van der Waals surface area contributed by atoms with E-state index in [-0.39, 0.29) is 10.8 Å². The van der Waals surface area contributed by atoms with Crippen molar-refractivity contribution in [1.82, 2.24) is 19.5 Å². The van der Waals surface area contributed by atoms with Crippen LogP contribution in [0.3, 0.4) is 0 Å². The average Bonchev–Trinajstić information content (AvgIpc) is 3.72. The van der Waals surface area contributed by atoms with Crippen LogP contribution in [0.2, 0.25) is 0 Å². The van der Waals surface area contributed by atoms with Gasteiger partial charge < -0.3 is 4.98 Å². The van der Waals surface area contributed by atoms with E-state index in [1.54, 1.807) is 0 Å². The van der Waals surface area contributed by atoms with Crippen molar-refractivity contribution in [1.29, 1.82) is 0 Å². The molecule has 6 aromatic carbocycles. The molecule has 1 N–H and O–H groups in total. The Kier molecular flexibility index (Phi) is 7.24. The van der Waals surface area contributed by atoms with Gasteiger partial charge in [-0.1, -0.05) is 120 Å². The molecule has 0 aliphatic heterocycles. The van der Waals surface area contributed by atoms with Crippen molar-refractivity contribution >= 4 is 43.6 Å². The Morgan fingerprint density at radius 1 is 0.558 bits per heavy atom. The SMILES string of the molecule is CC(C)(C)c1ccc2[nH]c3c(-c4nc5c(-c6cccc(-c7nccc8ccccc78)c6)cccc5n4-c4ccccc4)cc(C(C)(C)C)cc3c2c1. The highest BCUT2D eigenvalue weighted by atomic mass is 15.1. The van der Waals surface area contributed by atoms with Crippen LogP contribution in [0.1, 0.15) is 52.7 Å². The quantitative estimate of drug-likeness (QED) is 0.202. The van der Waals surface area contributed by atoms with Crippen LogP contribution in [0.25, 0.3) is 83.1 Å². The second-order valence-electron chi connectivity index (χ2n) is 16.1. The fraction of sp³-hybridized carbons (Fsp3) is 0.167. The standard InChI is InChI=1S/C48H42N4/c1-47(2,3)33-22-23-41-38(27-33)39-28-34(48(4,5)6)29-40(44(39)50-41)46-51-45-37(20-13-21-42(45)52(46)35-17-8-7-9-18-35)31-15-12-16-32(26-31)43-36-19-11-10-14-30(36)24-25-49-43/h7-29,50H,1-6H3. The molecule has 0 spiro atoms. The lowest BCUT2D eigenvalue weighted by molar-refractivity contribution is 0.590. The molecule has 0 fully saturated rings.